The summed E-state index contributed by atoms with van der Waals surface area (Å²) in [5.41, 5.74) is 11.6. The van der Waals surface area contributed by atoms with Gasteiger partial charge >= 0.3 is 7.82 Å². The number of phosphoric acid groups is 2. The first-order valence-corrected chi connectivity index (χ1v) is 15.7. The maximum absolute atomic E-state index is 13.2. The van der Waals surface area contributed by atoms with Crippen molar-refractivity contribution in [2.75, 3.05) is 18.9 Å². The molecule has 0 spiro atoms. The molecule has 2 fully saturated rings. The van der Waals surface area contributed by atoms with Gasteiger partial charge in [0.2, 0.25) is 5.91 Å². The Morgan fingerprint density at radius 2 is 1.64 bits per heavy atom. The minimum Gasteiger partial charge on any atom is -0.756 e. The molecule has 3 aliphatic rings. The number of primary amides is 1. The lowest BCUT2D eigenvalue weighted by atomic mass is 10.1. The fourth-order valence-corrected chi connectivity index (χ4v) is 6.83. The number of hydrogen-bond acceptors (Lipinski definition) is 18. The number of imidazole rings is 1. The Morgan fingerprint density at radius 3 is 2.25 bits per heavy atom. The summed E-state index contributed by atoms with van der Waals surface area (Å²) < 4.78 is 51.3. The van der Waals surface area contributed by atoms with E-state index in [9.17, 15) is 44.1 Å². The molecule has 9 N–H and O–H groups in total. The first-order chi connectivity index (χ1) is 20.7. The molecule has 0 bridgehead atoms. The van der Waals surface area contributed by atoms with E-state index in [0.29, 0.717) is 0 Å². The van der Waals surface area contributed by atoms with Crippen LogP contribution in [-0.4, -0.2) is 112 Å². The third-order valence-electron chi connectivity index (χ3n) is 6.86. The van der Waals surface area contributed by atoms with Gasteiger partial charge in [0, 0.05) is 18.0 Å². The lowest BCUT2D eigenvalue weighted by molar-refractivity contribution is -0.213. The molecule has 0 saturated carbocycles. The highest BCUT2D eigenvalue weighted by Crippen LogP contribution is 2.60. The monoisotopic (exact) mass is 664 g/mol. The molecular weight excluding hydrogens is 636 g/mol. The standard InChI is InChI=1S/C21H29N7O14P2/c22-17-12-19(25-7-24-17)28(8-26-12)21-16(32)14(30)11(41-21)6-39-44(37,42-43(34,35)36)38-5-10-13(29)15(31)20(40-10)27-3-1-2-9(4-27)18(23)33/h1,3-4,7-8,10-11,13-16,20-21,29-32H,2,5-6H2,(H2,23,33)(H2,22,24,25)(H2,34,35,36)/p-1. The summed E-state index contributed by atoms with van der Waals surface area (Å²) in [6.45, 7) is -1.81. The van der Waals surface area contributed by atoms with Crippen LogP contribution in [0.25, 0.3) is 11.2 Å². The molecule has 21 nitrogen and oxygen atoms in total. The molecule has 3 aliphatic heterocycles. The summed E-state index contributed by atoms with van der Waals surface area (Å²) in [4.78, 5) is 45.3. The molecule has 2 aromatic rings. The molecule has 2 saturated heterocycles. The number of hydrogen-bond donors (Lipinski definition) is 7. The second-order valence-electron chi connectivity index (χ2n) is 9.82. The number of aliphatic hydroxyl groups excluding tert-OH is 4. The SMILES string of the molecule is NC(=O)C1=CN(C2OC(COP(=O)(OCC3OC(n4cnc5c(N)ncnc54)C(O)C3O)OP(=O)([O-])O)C(O)C2O)C=CC1. The van der Waals surface area contributed by atoms with Crippen molar-refractivity contribution in [3.8, 4) is 0 Å². The average Bonchev–Trinajstić information content (AvgIpc) is 3.60. The van der Waals surface area contributed by atoms with E-state index in [1.54, 1.807) is 6.08 Å². The molecular formula is C21H28N7O14P2-. The van der Waals surface area contributed by atoms with Crippen LogP contribution >= 0.6 is 15.6 Å². The van der Waals surface area contributed by atoms with E-state index in [1.807, 2.05) is 0 Å². The van der Waals surface area contributed by atoms with Gasteiger partial charge in [-0.2, -0.15) is 0 Å². The number of aromatic nitrogens is 4. The van der Waals surface area contributed by atoms with Crippen LogP contribution in [0.2, 0.25) is 0 Å². The zero-order valence-electron chi connectivity index (χ0n) is 22.3. The van der Waals surface area contributed by atoms with Crippen LogP contribution in [0.3, 0.4) is 0 Å². The molecule has 2 aromatic heterocycles. The minimum absolute atomic E-state index is 0.0393. The summed E-state index contributed by atoms with van der Waals surface area (Å²) in [6, 6.07) is 0. The van der Waals surface area contributed by atoms with Gasteiger partial charge in [-0.1, -0.05) is 6.08 Å². The Morgan fingerprint density at radius 1 is 1.02 bits per heavy atom. The molecule has 1 amide bonds. The van der Waals surface area contributed by atoms with Crippen molar-refractivity contribution in [1.29, 1.82) is 0 Å². The summed E-state index contributed by atoms with van der Waals surface area (Å²) >= 11 is 0. The van der Waals surface area contributed by atoms with E-state index in [0.717, 1.165) is 6.33 Å². The average molecular weight is 664 g/mol. The third-order valence-corrected chi connectivity index (χ3v) is 9.42. The summed E-state index contributed by atoms with van der Waals surface area (Å²) in [5.74, 6) is -0.682. The number of carbonyl (C=O) groups excluding carboxylic acids is 1. The van der Waals surface area contributed by atoms with Crippen LogP contribution in [-0.2, 0) is 36.8 Å². The maximum atomic E-state index is 13.2. The van der Waals surface area contributed by atoms with Crippen molar-refractivity contribution < 1.29 is 67.0 Å². The number of ether oxygens (including phenoxy) is 2. The van der Waals surface area contributed by atoms with Gasteiger partial charge in [0.05, 0.1) is 19.5 Å². The first kappa shape index (κ1) is 32.5. The normalized spacial score (nSPS) is 33.3. The Bertz CT molecular complexity index is 1550. The van der Waals surface area contributed by atoms with Crippen LogP contribution in [0.5, 0.6) is 0 Å². The van der Waals surface area contributed by atoms with Crippen molar-refractivity contribution in [1.82, 2.24) is 24.4 Å². The van der Waals surface area contributed by atoms with Crippen molar-refractivity contribution >= 4 is 38.5 Å². The van der Waals surface area contributed by atoms with Crippen molar-refractivity contribution in [2.24, 2.45) is 5.73 Å². The minimum atomic E-state index is -5.77. The van der Waals surface area contributed by atoms with E-state index in [2.05, 4.69) is 19.3 Å². The number of rotatable bonds is 11. The molecule has 5 rings (SSSR count). The lowest BCUT2D eigenvalue weighted by Gasteiger charge is -2.28. The molecule has 5 heterocycles. The fraction of sp³-hybridized carbons (Fsp3) is 0.524. The van der Waals surface area contributed by atoms with E-state index < -0.39 is 83.8 Å². The van der Waals surface area contributed by atoms with Crippen LogP contribution in [0.1, 0.15) is 12.6 Å². The number of nitrogen functional groups attached to an aromatic ring is 1. The molecule has 0 radical (unpaired) electrons. The zero-order chi connectivity index (χ0) is 32.0. The summed E-state index contributed by atoms with van der Waals surface area (Å²) in [6.07, 6.45) is -5.20. The van der Waals surface area contributed by atoms with Crippen molar-refractivity contribution in [2.45, 2.75) is 55.5 Å². The number of fused-ring (bicyclic) bond motifs is 1. The smallest absolute Gasteiger partial charge is 0.481 e. The van der Waals surface area contributed by atoms with E-state index in [4.69, 9.17) is 30.0 Å². The lowest BCUT2D eigenvalue weighted by Crippen LogP contribution is -2.40. The number of carbonyl (C=O) groups is 1. The Labute approximate surface area is 247 Å². The highest BCUT2D eigenvalue weighted by atomic mass is 31.3. The largest absolute Gasteiger partial charge is 0.756 e. The van der Waals surface area contributed by atoms with Crippen LogP contribution in [0, 0.1) is 0 Å². The molecule has 10 atom stereocenters. The topological polar surface area (TPSA) is 320 Å². The van der Waals surface area contributed by atoms with Gasteiger partial charge in [-0.05, 0) is 6.42 Å². The van der Waals surface area contributed by atoms with Crippen LogP contribution in [0.4, 0.5) is 5.82 Å². The predicted octanol–water partition coefficient (Wildman–Crippen LogP) is -3.32. The predicted molar refractivity (Wildman–Crippen MR) is 140 cm³/mol. The van der Waals surface area contributed by atoms with Gasteiger partial charge in [0.25, 0.3) is 7.82 Å². The van der Waals surface area contributed by atoms with Crippen LogP contribution < -0.4 is 16.4 Å². The molecule has 0 aromatic carbocycles. The van der Waals surface area contributed by atoms with Gasteiger partial charge in [0.15, 0.2) is 23.9 Å². The van der Waals surface area contributed by atoms with Crippen molar-refractivity contribution in [3.63, 3.8) is 0 Å². The number of amides is 1. The highest BCUT2D eigenvalue weighted by Gasteiger charge is 2.48. The molecule has 0 aliphatic carbocycles. The summed E-state index contributed by atoms with van der Waals surface area (Å²) in [5, 5.41) is 42.1. The number of nitrogens with zero attached hydrogens (tertiary/aromatic N) is 5. The van der Waals surface area contributed by atoms with Crippen LogP contribution in [0.15, 0.2) is 36.7 Å². The van der Waals surface area contributed by atoms with Gasteiger partial charge in [-0.25, -0.2) is 23.8 Å². The molecule has 10 unspecified atom stereocenters. The second-order valence-corrected chi connectivity index (χ2v) is 12.8. The van der Waals surface area contributed by atoms with Gasteiger partial charge in [0.1, 0.15) is 48.5 Å². The second kappa shape index (κ2) is 12.5. The highest BCUT2D eigenvalue weighted by molar-refractivity contribution is 7.60. The van der Waals surface area contributed by atoms with Gasteiger partial charge in [-0.15, -0.1) is 0 Å². The van der Waals surface area contributed by atoms with Gasteiger partial charge in [-0.3, -0.25) is 23.0 Å². The number of nitrogens with two attached hydrogens (primary N) is 2. The quantitative estimate of drug-likeness (QED) is 0.116. The number of aliphatic hydroxyl groups is 4. The number of allylic oxidation sites excluding steroid dienone is 1. The van der Waals surface area contributed by atoms with Gasteiger partial charge < -0.3 is 56.1 Å². The Hall–Kier alpha value is -2.88. The van der Waals surface area contributed by atoms with Crippen molar-refractivity contribution in [3.05, 3.63) is 36.7 Å². The van der Waals surface area contributed by atoms with E-state index in [-0.39, 0.29) is 29.0 Å². The number of phosphoric ester groups is 1. The Balaban J connectivity index is 1.25. The molecule has 44 heavy (non-hydrogen) atoms. The maximum Gasteiger partial charge on any atom is 0.481 e. The number of anilines is 1. The molecule has 242 valence electrons. The Kier molecular flexibility index (Phi) is 9.23. The summed E-state index contributed by atoms with van der Waals surface area (Å²) in [7, 11) is -11.0. The van der Waals surface area contributed by atoms with E-state index >= 15 is 0 Å². The van der Waals surface area contributed by atoms with E-state index in [1.165, 1.54) is 28.2 Å². The first-order valence-electron chi connectivity index (χ1n) is 12.7. The molecule has 23 heteroatoms. The zero-order valence-corrected chi connectivity index (χ0v) is 24.1. The fourth-order valence-electron chi connectivity index (χ4n) is 4.71. The third kappa shape index (κ3) is 6.70.